The molecule has 2 aliphatic heterocycles. The van der Waals surface area contributed by atoms with Gasteiger partial charge in [0.1, 0.15) is 0 Å². The Labute approximate surface area is 173 Å². The van der Waals surface area contributed by atoms with E-state index in [1.807, 2.05) is 6.07 Å². The minimum Gasteiger partial charge on any atom is -0.379 e. The summed E-state index contributed by atoms with van der Waals surface area (Å²) < 4.78 is 31.0. The number of nitrogens with one attached hydrogen (secondary N) is 2. The van der Waals surface area contributed by atoms with Crippen LogP contribution < -0.4 is 14.9 Å². The molecule has 0 aliphatic carbocycles. The fourth-order valence-electron chi connectivity index (χ4n) is 3.77. The molecule has 2 aliphatic rings. The normalized spacial score (nSPS) is 19.2. The van der Waals surface area contributed by atoms with Crippen molar-refractivity contribution in [3.05, 3.63) is 23.8 Å². The van der Waals surface area contributed by atoms with Gasteiger partial charge in [0.25, 0.3) is 5.91 Å². The molecule has 162 valence electrons. The minimum atomic E-state index is -3.41. The monoisotopic (exact) mass is 424 g/mol. The lowest BCUT2D eigenvalue weighted by atomic mass is 9.98. The molecule has 2 fully saturated rings. The zero-order valence-electron chi connectivity index (χ0n) is 17.3. The number of sulfonamides is 1. The molecule has 29 heavy (non-hydrogen) atoms. The molecule has 0 radical (unpaired) electrons. The highest BCUT2D eigenvalue weighted by Crippen LogP contribution is 2.29. The molecule has 1 amide bonds. The third kappa shape index (κ3) is 6.58. The Balaban J connectivity index is 1.72. The summed E-state index contributed by atoms with van der Waals surface area (Å²) in [5.74, 6) is 0.507. The Morgan fingerprint density at radius 3 is 2.52 bits per heavy atom. The van der Waals surface area contributed by atoms with Crippen molar-refractivity contribution in [1.29, 1.82) is 0 Å². The van der Waals surface area contributed by atoms with Crippen LogP contribution in [-0.2, 0) is 14.8 Å². The molecule has 0 saturated carbocycles. The maximum absolute atomic E-state index is 13.0. The number of ether oxygens (including phenoxy) is 1. The van der Waals surface area contributed by atoms with Crippen LogP contribution >= 0.6 is 0 Å². The summed E-state index contributed by atoms with van der Waals surface area (Å²) in [6.07, 6.45) is 3.28. The lowest BCUT2D eigenvalue weighted by Crippen LogP contribution is -2.41. The molecule has 0 unspecified atom stereocenters. The second-order valence-corrected chi connectivity index (χ2v) is 9.73. The smallest absolute Gasteiger partial charge is 0.253 e. The van der Waals surface area contributed by atoms with E-state index in [1.165, 1.54) is 0 Å². The minimum absolute atomic E-state index is 0.177. The van der Waals surface area contributed by atoms with Crippen molar-refractivity contribution < 1.29 is 17.9 Å². The maximum atomic E-state index is 13.0. The fraction of sp³-hybridized carbons (Fsp3) is 0.650. The molecule has 1 aromatic carbocycles. The van der Waals surface area contributed by atoms with Gasteiger partial charge in [-0.25, -0.2) is 8.42 Å². The quantitative estimate of drug-likeness (QED) is 0.687. The summed E-state index contributed by atoms with van der Waals surface area (Å²) in [5.41, 5.74) is 1.77. The summed E-state index contributed by atoms with van der Waals surface area (Å²) in [7, 11) is -3.41. The highest BCUT2D eigenvalue weighted by Gasteiger charge is 2.22. The maximum Gasteiger partial charge on any atom is 0.253 e. The molecule has 1 aromatic rings. The van der Waals surface area contributed by atoms with Gasteiger partial charge in [-0.3, -0.25) is 14.4 Å². The van der Waals surface area contributed by atoms with E-state index < -0.39 is 10.0 Å². The number of amides is 1. The number of morpholine rings is 1. The van der Waals surface area contributed by atoms with Crippen molar-refractivity contribution in [3.63, 3.8) is 0 Å². The molecule has 0 bridgehead atoms. The first-order valence-electron chi connectivity index (χ1n) is 10.3. The van der Waals surface area contributed by atoms with Crippen molar-refractivity contribution >= 4 is 27.3 Å². The van der Waals surface area contributed by atoms with Crippen LogP contribution in [0.2, 0.25) is 0 Å². The second-order valence-electron chi connectivity index (χ2n) is 7.99. The zero-order valence-corrected chi connectivity index (χ0v) is 18.1. The van der Waals surface area contributed by atoms with Crippen LogP contribution in [0, 0.1) is 5.92 Å². The van der Waals surface area contributed by atoms with Crippen molar-refractivity contribution in [2.24, 2.45) is 5.92 Å². The van der Waals surface area contributed by atoms with Gasteiger partial charge >= 0.3 is 0 Å². The van der Waals surface area contributed by atoms with Gasteiger partial charge in [-0.15, -0.1) is 0 Å². The van der Waals surface area contributed by atoms with Crippen molar-refractivity contribution in [3.8, 4) is 0 Å². The van der Waals surface area contributed by atoms with Gasteiger partial charge in [0.05, 0.1) is 25.0 Å². The standard InChI is InChI=1S/C20H32N4O4S/c1-16-5-8-24(9-6-16)19-4-3-17(22-29(2,26)27)15-18(19)20(25)21-7-10-23-11-13-28-14-12-23/h3-4,15-16,22H,5-14H2,1-2H3,(H,21,25). The lowest BCUT2D eigenvalue weighted by Gasteiger charge is -2.33. The van der Waals surface area contributed by atoms with E-state index in [2.05, 4.69) is 26.8 Å². The first-order chi connectivity index (χ1) is 13.8. The van der Waals surface area contributed by atoms with Gasteiger partial charge in [-0.05, 0) is 37.0 Å². The van der Waals surface area contributed by atoms with Crippen LogP contribution in [0.5, 0.6) is 0 Å². The Bertz CT molecular complexity index is 801. The van der Waals surface area contributed by atoms with Crippen molar-refractivity contribution in [2.75, 3.05) is 68.4 Å². The van der Waals surface area contributed by atoms with Crippen LogP contribution in [0.4, 0.5) is 11.4 Å². The van der Waals surface area contributed by atoms with Crippen molar-refractivity contribution in [2.45, 2.75) is 19.8 Å². The van der Waals surface area contributed by atoms with Gasteiger partial charge in [0.2, 0.25) is 10.0 Å². The largest absolute Gasteiger partial charge is 0.379 e. The fourth-order valence-corrected chi connectivity index (χ4v) is 4.32. The molecule has 2 saturated heterocycles. The van der Waals surface area contributed by atoms with E-state index in [0.717, 1.165) is 70.7 Å². The molecule has 3 rings (SSSR count). The van der Waals surface area contributed by atoms with Crippen LogP contribution in [-0.4, -0.2) is 78.0 Å². The second kappa shape index (κ2) is 9.77. The van der Waals surface area contributed by atoms with E-state index >= 15 is 0 Å². The predicted molar refractivity (Wildman–Crippen MR) is 115 cm³/mol. The average molecular weight is 425 g/mol. The topological polar surface area (TPSA) is 91.0 Å². The van der Waals surface area contributed by atoms with E-state index in [-0.39, 0.29) is 5.91 Å². The predicted octanol–water partition coefficient (Wildman–Crippen LogP) is 1.36. The number of rotatable bonds is 7. The molecular weight excluding hydrogens is 392 g/mol. The third-order valence-corrected chi connectivity index (χ3v) is 6.09. The Hall–Kier alpha value is -1.84. The highest BCUT2D eigenvalue weighted by molar-refractivity contribution is 7.92. The zero-order chi connectivity index (χ0) is 20.9. The molecule has 9 heteroatoms. The highest BCUT2D eigenvalue weighted by atomic mass is 32.2. The van der Waals surface area contributed by atoms with Crippen LogP contribution in [0.1, 0.15) is 30.1 Å². The van der Waals surface area contributed by atoms with E-state index in [4.69, 9.17) is 4.74 Å². The number of benzene rings is 1. The number of anilines is 2. The first kappa shape index (κ1) is 21.9. The number of piperidine rings is 1. The molecule has 2 heterocycles. The number of carbonyl (C=O) groups is 1. The summed E-state index contributed by atoms with van der Waals surface area (Å²) in [4.78, 5) is 17.5. The Kier molecular flexibility index (Phi) is 7.37. The summed E-state index contributed by atoms with van der Waals surface area (Å²) in [5, 5.41) is 3.00. The Morgan fingerprint density at radius 2 is 1.86 bits per heavy atom. The molecule has 2 N–H and O–H groups in total. The van der Waals surface area contributed by atoms with Gasteiger partial charge < -0.3 is 15.0 Å². The number of hydrogen-bond acceptors (Lipinski definition) is 6. The van der Waals surface area contributed by atoms with Crippen LogP contribution in [0.3, 0.4) is 0 Å². The summed E-state index contributed by atoms with van der Waals surface area (Å²) >= 11 is 0. The SMILES string of the molecule is CC1CCN(c2ccc(NS(C)(=O)=O)cc2C(=O)NCCN2CCOCC2)CC1. The number of hydrogen-bond donors (Lipinski definition) is 2. The van der Waals surface area contributed by atoms with Gasteiger partial charge in [-0.2, -0.15) is 0 Å². The van der Waals surface area contributed by atoms with Crippen LogP contribution in [0.25, 0.3) is 0 Å². The number of carbonyl (C=O) groups excluding carboxylic acids is 1. The summed E-state index contributed by atoms with van der Waals surface area (Å²) in [6.45, 7) is 8.56. The van der Waals surface area contributed by atoms with Gasteiger partial charge in [0, 0.05) is 50.6 Å². The first-order valence-corrected chi connectivity index (χ1v) is 12.2. The molecule has 8 nitrogen and oxygen atoms in total. The van der Waals surface area contributed by atoms with Gasteiger partial charge in [0.15, 0.2) is 0 Å². The lowest BCUT2D eigenvalue weighted by molar-refractivity contribution is 0.0383. The molecular formula is C20H32N4O4S. The van der Waals surface area contributed by atoms with E-state index in [0.29, 0.717) is 23.7 Å². The molecule has 0 aromatic heterocycles. The van der Waals surface area contributed by atoms with Gasteiger partial charge in [-0.1, -0.05) is 6.92 Å². The average Bonchev–Trinajstić information content (AvgIpc) is 2.68. The van der Waals surface area contributed by atoms with Crippen molar-refractivity contribution in [1.82, 2.24) is 10.2 Å². The number of nitrogens with zero attached hydrogens (tertiary/aromatic N) is 2. The molecule has 0 spiro atoms. The Morgan fingerprint density at radius 1 is 1.17 bits per heavy atom. The van der Waals surface area contributed by atoms with Crippen LogP contribution in [0.15, 0.2) is 18.2 Å². The summed E-state index contributed by atoms with van der Waals surface area (Å²) in [6, 6.07) is 5.21. The third-order valence-electron chi connectivity index (χ3n) is 5.49. The van der Waals surface area contributed by atoms with E-state index in [9.17, 15) is 13.2 Å². The van der Waals surface area contributed by atoms with E-state index in [1.54, 1.807) is 12.1 Å². The molecule has 0 atom stereocenters.